The fourth-order valence-corrected chi connectivity index (χ4v) is 4.01. The second-order valence-electron chi connectivity index (χ2n) is 7.15. The van der Waals surface area contributed by atoms with Crippen LogP contribution in [0.1, 0.15) is 43.0 Å². The fraction of sp³-hybridized carbons (Fsp3) is 0.474. The maximum atomic E-state index is 12.8. The molecule has 1 saturated carbocycles. The number of halogens is 2. The van der Waals surface area contributed by atoms with Crippen molar-refractivity contribution in [3.05, 3.63) is 33.8 Å². The minimum Gasteiger partial charge on any atom is -0.456 e. The Balaban J connectivity index is 1.58. The molecule has 0 radical (unpaired) electrons. The standard InChI is InChI=1S/C19H20Cl2N2O5/c1-11-4-2-3-7-19(11)17(26)23(18(27)22-19)9-16(25)28-10-15(24)12-5-6-13(20)14(21)8-12/h5-6,8,11H,2-4,7,9-10H2,1H3,(H,22,27). The number of imide groups is 1. The minimum atomic E-state index is -0.939. The van der Waals surface area contributed by atoms with Crippen LogP contribution >= 0.6 is 23.2 Å². The summed E-state index contributed by atoms with van der Waals surface area (Å²) in [5, 5.41) is 3.28. The molecular formula is C19H20Cl2N2O5. The van der Waals surface area contributed by atoms with Gasteiger partial charge in [0.25, 0.3) is 5.91 Å². The van der Waals surface area contributed by atoms with Gasteiger partial charge in [0.15, 0.2) is 12.4 Å². The van der Waals surface area contributed by atoms with Gasteiger partial charge in [-0.3, -0.25) is 19.3 Å². The molecule has 1 spiro atoms. The Morgan fingerprint density at radius 2 is 2.00 bits per heavy atom. The monoisotopic (exact) mass is 426 g/mol. The Kier molecular flexibility index (Phi) is 5.95. The van der Waals surface area contributed by atoms with Crippen LogP contribution in [-0.4, -0.2) is 47.3 Å². The van der Waals surface area contributed by atoms with Crippen LogP contribution in [0.3, 0.4) is 0 Å². The smallest absolute Gasteiger partial charge is 0.326 e. The molecule has 1 aliphatic carbocycles. The Morgan fingerprint density at radius 3 is 2.68 bits per heavy atom. The number of rotatable bonds is 5. The number of carbonyl (C=O) groups is 4. The molecule has 1 aromatic rings. The summed E-state index contributed by atoms with van der Waals surface area (Å²) in [4.78, 5) is 50.2. The molecule has 2 aliphatic rings. The lowest BCUT2D eigenvalue weighted by atomic mass is 9.73. The quantitative estimate of drug-likeness (QED) is 0.443. The second kappa shape index (κ2) is 8.09. The summed E-state index contributed by atoms with van der Waals surface area (Å²) >= 11 is 11.7. The van der Waals surface area contributed by atoms with E-state index in [0.29, 0.717) is 11.4 Å². The summed E-state index contributed by atoms with van der Waals surface area (Å²) in [7, 11) is 0. The Bertz CT molecular complexity index is 844. The summed E-state index contributed by atoms with van der Waals surface area (Å²) < 4.78 is 4.95. The van der Waals surface area contributed by atoms with Crippen molar-refractivity contribution < 1.29 is 23.9 Å². The van der Waals surface area contributed by atoms with Crippen molar-refractivity contribution in [2.75, 3.05) is 13.2 Å². The Hall–Kier alpha value is -2.12. The van der Waals surface area contributed by atoms with E-state index in [9.17, 15) is 19.2 Å². The molecule has 3 rings (SSSR count). The molecule has 9 heteroatoms. The van der Waals surface area contributed by atoms with Gasteiger partial charge in [0.1, 0.15) is 12.1 Å². The number of amides is 3. The molecule has 1 saturated heterocycles. The molecule has 2 unspecified atom stereocenters. The van der Waals surface area contributed by atoms with Crippen molar-refractivity contribution in [3.63, 3.8) is 0 Å². The highest BCUT2D eigenvalue weighted by molar-refractivity contribution is 6.42. The highest BCUT2D eigenvalue weighted by atomic mass is 35.5. The summed E-state index contributed by atoms with van der Waals surface area (Å²) in [6.45, 7) is 0.866. The lowest BCUT2D eigenvalue weighted by Gasteiger charge is -2.36. The van der Waals surface area contributed by atoms with Crippen molar-refractivity contribution in [1.82, 2.24) is 10.2 Å². The number of benzene rings is 1. The van der Waals surface area contributed by atoms with Crippen LogP contribution in [0.25, 0.3) is 0 Å². The van der Waals surface area contributed by atoms with Crippen LogP contribution in [0, 0.1) is 5.92 Å². The predicted molar refractivity (Wildman–Crippen MR) is 102 cm³/mol. The lowest BCUT2D eigenvalue weighted by Crippen LogP contribution is -2.54. The van der Waals surface area contributed by atoms with E-state index in [-0.39, 0.29) is 16.5 Å². The van der Waals surface area contributed by atoms with Gasteiger partial charge in [0, 0.05) is 5.56 Å². The molecule has 0 aromatic heterocycles. The fourth-order valence-electron chi connectivity index (χ4n) is 3.71. The largest absolute Gasteiger partial charge is 0.456 e. The third-order valence-corrected chi connectivity index (χ3v) is 6.13. The SMILES string of the molecule is CC1CCCCC12NC(=O)N(CC(=O)OCC(=O)c1ccc(Cl)c(Cl)c1)C2=O. The third-order valence-electron chi connectivity index (χ3n) is 5.39. The van der Waals surface area contributed by atoms with E-state index < -0.39 is 42.4 Å². The van der Waals surface area contributed by atoms with Crippen LogP contribution in [-0.2, 0) is 14.3 Å². The molecule has 2 atom stereocenters. The first-order valence-electron chi connectivity index (χ1n) is 9.02. The van der Waals surface area contributed by atoms with Gasteiger partial charge in [-0.25, -0.2) is 4.79 Å². The average molecular weight is 427 g/mol. The number of nitrogens with zero attached hydrogens (tertiary/aromatic N) is 1. The van der Waals surface area contributed by atoms with Crippen molar-refractivity contribution in [2.45, 2.75) is 38.1 Å². The van der Waals surface area contributed by atoms with Gasteiger partial charge in [-0.05, 0) is 37.0 Å². The van der Waals surface area contributed by atoms with E-state index in [0.717, 1.165) is 24.2 Å². The number of ketones is 1. The lowest BCUT2D eigenvalue weighted by molar-refractivity contribution is -0.147. The maximum Gasteiger partial charge on any atom is 0.326 e. The molecule has 1 N–H and O–H groups in total. The zero-order valence-corrected chi connectivity index (χ0v) is 16.8. The molecule has 3 amide bonds. The second-order valence-corrected chi connectivity index (χ2v) is 7.97. The van der Waals surface area contributed by atoms with Crippen molar-refractivity contribution in [1.29, 1.82) is 0 Å². The summed E-state index contributed by atoms with van der Waals surface area (Å²) in [5.41, 5.74) is -0.696. The van der Waals surface area contributed by atoms with E-state index in [1.165, 1.54) is 18.2 Å². The topological polar surface area (TPSA) is 92.8 Å². The van der Waals surface area contributed by atoms with Crippen LogP contribution < -0.4 is 5.32 Å². The molecule has 150 valence electrons. The summed E-state index contributed by atoms with van der Waals surface area (Å²) in [6, 6.07) is 3.71. The number of nitrogens with one attached hydrogen (secondary N) is 1. The number of hydrogen-bond donors (Lipinski definition) is 1. The first-order valence-corrected chi connectivity index (χ1v) is 9.78. The zero-order valence-electron chi connectivity index (χ0n) is 15.3. The number of esters is 1. The van der Waals surface area contributed by atoms with Crippen LogP contribution in [0.2, 0.25) is 10.0 Å². The molecule has 1 aliphatic heterocycles. The summed E-state index contributed by atoms with van der Waals surface area (Å²) in [6.07, 6.45) is 3.24. The first kappa shape index (κ1) is 20.6. The summed E-state index contributed by atoms with van der Waals surface area (Å²) in [5.74, 6) is -1.72. The third kappa shape index (κ3) is 3.86. The van der Waals surface area contributed by atoms with E-state index in [2.05, 4.69) is 5.32 Å². The molecule has 1 heterocycles. The van der Waals surface area contributed by atoms with E-state index in [4.69, 9.17) is 27.9 Å². The van der Waals surface area contributed by atoms with Gasteiger partial charge in [0.05, 0.1) is 10.0 Å². The van der Waals surface area contributed by atoms with Gasteiger partial charge in [-0.1, -0.05) is 43.0 Å². The van der Waals surface area contributed by atoms with Crippen LogP contribution in [0.15, 0.2) is 18.2 Å². The first-order chi connectivity index (χ1) is 13.2. The van der Waals surface area contributed by atoms with Crippen molar-refractivity contribution >= 4 is 46.9 Å². The normalized spacial score (nSPS) is 24.4. The molecule has 0 bridgehead atoms. The van der Waals surface area contributed by atoms with E-state index in [1.807, 2.05) is 6.92 Å². The van der Waals surface area contributed by atoms with Gasteiger partial charge in [-0.2, -0.15) is 0 Å². The maximum absolute atomic E-state index is 12.8. The molecular weight excluding hydrogens is 407 g/mol. The molecule has 2 fully saturated rings. The number of ether oxygens (including phenoxy) is 1. The van der Waals surface area contributed by atoms with E-state index in [1.54, 1.807) is 0 Å². The number of hydrogen-bond acceptors (Lipinski definition) is 5. The Labute approximate surface area is 172 Å². The van der Waals surface area contributed by atoms with Gasteiger partial charge >= 0.3 is 12.0 Å². The Morgan fingerprint density at radius 1 is 1.25 bits per heavy atom. The zero-order chi connectivity index (χ0) is 20.5. The average Bonchev–Trinajstić information content (AvgIpc) is 2.89. The molecule has 1 aromatic carbocycles. The van der Waals surface area contributed by atoms with Crippen LogP contribution in [0.5, 0.6) is 0 Å². The number of urea groups is 1. The van der Waals surface area contributed by atoms with Gasteiger partial charge < -0.3 is 10.1 Å². The number of carbonyl (C=O) groups excluding carboxylic acids is 4. The minimum absolute atomic E-state index is 0.00467. The van der Waals surface area contributed by atoms with Gasteiger partial charge in [0.2, 0.25) is 0 Å². The molecule has 28 heavy (non-hydrogen) atoms. The molecule has 7 nitrogen and oxygen atoms in total. The number of Topliss-reactive ketones (excluding diaryl/α,β-unsaturated/α-hetero) is 1. The van der Waals surface area contributed by atoms with E-state index >= 15 is 0 Å². The van der Waals surface area contributed by atoms with Crippen molar-refractivity contribution in [3.8, 4) is 0 Å². The highest BCUT2D eigenvalue weighted by Gasteiger charge is 2.55. The predicted octanol–water partition coefficient (Wildman–Crippen LogP) is 3.22. The highest BCUT2D eigenvalue weighted by Crippen LogP contribution is 2.38. The van der Waals surface area contributed by atoms with Crippen molar-refractivity contribution in [2.24, 2.45) is 5.92 Å². The van der Waals surface area contributed by atoms with Gasteiger partial charge in [-0.15, -0.1) is 0 Å². The van der Waals surface area contributed by atoms with Crippen LogP contribution in [0.4, 0.5) is 4.79 Å².